The number of nitrogens with zero attached hydrogens (tertiary/aromatic N) is 3. The van der Waals surface area contributed by atoms with E-state index in [4.69, 9.17) is 16.1 Å². The van der Waals surface area contributed by atoms with Gasteiger partial charge in [-0.2, -0.15) is 0 Å². The van der Waals surface area contributed by atoms with Gasteiger partial charge in [0.1, 0.15) is 11.5 Å². The Morgan fingerprint density at radius 1 is 1.03 bits per heavy atom. The van der Waals surface area contributed by atoms with Gasteiger partial charge in [0.15, 0.2) is 0 Å². The predicted octanol–water partition coefficient (Wildman–Crippen LogP) is 8.50. The molecular formula is C32H32ClN3O. The van der Waals surface area contributed by atoms with Crippen LogP contribution in [0.5, 0.6) is 0 Å². The molecule has 3 aliphatic rings. The number of halogens is 1. The Balaban J connectivity index is 1.09. The zero-order valence-electron chi connectivity index (χ0n) is 21.6. The summed E-state index contributed by atoms with van der Waals surface area (Å²) in [5.74, 6) is 1.56. The van der Waals surface area contributed by atoms with Crippen molar-refractivity contribution in [2.75, 3.05) is 18.0 Å². The number of pyridine rings is 1. The zero-order valence-corrected chi connectivity index (χ0v) is 22.3. The van der Waals surface area contributed by atoms with Gasteiger partial charge in [0.25, 0.3) is 0 Å². The summed E-state index contributed by atoms with van der Waals surface area (Å²) in [7, 11) is 0. The van der Waals surface area contributed by atoms with Crippen LogP contribution in [-0.4, -0.2) is 23.2 Å². The Morgan fingerprint density at radius 3 is 2.59 bits per heavy atom. The molecule has 0 unspecified atom stereocenters. The van der Waals surface area contributed by atoms with Crippen molar-refractivity contribution in [2.45, 2.75) is 58.3 Å². The summed E-state index contributed by atoms with van der Waals surface area (Å²) in [6.45, 7) is 6.38. The van der Waals surface area contributed by atoms with Gasteiger partial charge in [-0.3, -0.25) is 4.98 Å². The Labute approximate surface area is 223 Å². The molecule has 0 amide bonds. The molecule has 2 aliphatic carbocycles. The summed E-state index contributed by atoms with van der Waals surface area (Å²) in [6.07, 6.45) is 9.61. The fourth-order valence-corrected chi connectivity index (χ4v) is 6.73. The van der Waals surface area contributed by atoms with Gasteiger partial charge in [-0.1, -0.05) is 40.5 Å². The molecule has 188 valence electrons. The van der Waals surface area contributed by atoms with Crippen LogP contribution < -0.4 is 4.90 Å². The van der Waals surface area contributed by atoms with Crippen LogP contribution in [-0.2, 0) is 0 Å². The monoisotopic (exact) mass is 509 g/mol. The summed E-state index contributed by atoms with van der Waals surface area (Å²) in [6, 6.07) is 17.0. The van der Waals surface area contributed by atoms with Crippen molar-refractivity contribution in [3.05, 3.63) is 81.7 Å². The Kier molecular flexibility index (Phi) is 5.44. The fourth-order valence-electron chi connectivity index (χ4n) is 6.42. The van der Waals surface area contributed by atoms with Gasteiger partial charge in [-0.05, 0) is 99.8 Å². The Hall–Kier alpha value is -3.11. The van der Waals surface area contributed by atoms with E-state index in [-0.39, 0.29) is 0 Å². The quantitative estimate of drug-likeness (QED) is 0.276. The second-order valence-electron chi connectivity index (χ2n) is 11.5. The Bertz CT molecular complexity index is 1510. The molecule has 0 N–H and O–H groups in total. The molecule has 2 aromatic carbocycles. The average molecular weight is 510 g/mol. The van der Waals surface area contributed by atoms with E-state index < -0.39 is 0 Å². The molecule has 1 spiro atoms. The highest BCUT2D eigenvalue weighted by Gasteiger charge is 2.43. The second kappa shape index (κ2) is 8.73. The average Bonchev–Trinajstić information content (AvgIpc) is 3.64. The van der Waals surface area contributed by atoms with Crippen LogP contribution in [0.3, 0.4) is 0 Å². The first-order chi connectivity index (χ1) is 18.0. The van der Waals surface area contributed by atoms with Crippen LogP contribution >= 0.6 is 11.6 Å². The second-order valence-corrected chi connectivity index (χ2v) is 11.9. The number of hydrogen-bond acceptors (Lipinski definition) is 4. The van der Waals surface area contributed by atoms with Crippen molar-refractivity contribution in [3.63, 3.8) is 0 Å². The van der Waals surface area contributed by atoms with Crippen LogP contribution in [0, 0.1) is 19.3 Å². The molecule has 37 heavy (non-hydrogen) atoms. The van der Waals surface area contributed by atoms with E-state index in [0.717, 1.165) is 51.9 Å². The SMILES string of the molecule is Cc1ccc2cc(N3CCC4(CC3)CC(=Cc3c(-c5c(C)cccc5Cl)noc3C3CC3)C4)ccc2n1. The maximum absolute atomic E-state index is 6.63. The lowest BCUT2D eigenvalue weighted by Gasteiger charge is -2.50. The minimum absolute atomic E-state index is 0.440. The molecule has 5 heteroatoms. The van der Waals surface area contributed by atoms with E-state index in [1.807, 2.05) is 19.1 Å². The molecule has 0 radical (unpaired) electrons. The number of fused-ring (bicyclic) bond motifs is 1. The maximum atomic E-state index is 6.63. The van der Waals surface area contributed by atoms with Gasteiger partial charge in [0, 0.05) is 46.9 Å². The van der Waals surface area contributed by atoms with Gasteiger partial charge in [0.05, 0.1) is 10.5 Å². The molecule has 3 fully saturated rings. The first kappa shape index (κ1) is 23.0. The highest BCUT2D eigenvalue weighted by molar-refractivity contribution is 6.33. The lowest BCUT2D eigenvalue weighted by atomic mass is 9.60. The van der Waals surface area contributed by atoms with Crippen molar-refractivity contribution in [2.24, 2.45) is 5.41 Å². The predicted molar refractivity (Wildman–Crippen MR) is 151 cm³/mol. The van der Waals surface area contributed by atoms with Crippen molar-refractivity contribution >= 4 is 34.3 Å². The van der Waals surface area contributed by atoms with Gasteiger partial charge in [0.2, 0.25) is 0 Å². The van der Waals surface area contributed by atoms with Crippen molar-refractivity contribution in [3.8, 4) is 11.3 Å². The van der Waals surface area contributed by atoms with Crippen LogP contribution in [0.25, 0.3) is 28.2 Å². The van der Waals surface area contributed by atoms with E-state index in [1.54, 1.807) is 0 Å². The molecule has 2 aromatic heterocycles. The number of piperidine rings is 1. The van der Waals surface area contributed by atoms with Gasteiger partial charge >= 0.3 is 0 Å². The highest BCUT2D eigenvalue weighted by atomic mass is 35.5. The van der Waals surface area contributed by atoms with E-state index in [1.165, 1.54) is 60.7 Å². The third kappa shape index (κ3) is 4.16. The van der Waals surface area contributed by atoms with Crippen molar-refractivity contribution in [1.82, 2.24) is 10.1 Å². The van der Waals surface area contributed by atoms with Gasteiger partial charge < -0.3 is 9.42 Å². The van der Waals surface area contributed by atoms with Crippen LogP contribution in [0.2, 0.25) is 5.02 Å². The molecular weight excluding hydrogens is 478 g/mol. The molecule has 0 atom stereocenters. The smallest absolute Gasteiger partial charge is 0.147 e. The molecule has 1 saturated heterocycles. The lowest BCUT2D eigenvalue weighted by Crippen LogP contribution is -2.44. The molecule has 7 rings (SSSR count). The third-order valence-electron chi connectivity index (χ3n) is 8.72. The normalized spacial score (nSPS) is 18.9. The van der Waals surface area contributed by atoms with Gasteiger partial charge in [-0.25, -0.2) is 0 Å². The minimum Gasteiger partial charge on any atom is -0.371 e. The van der Waals surface area contributed by atoms with E-state index in [2.05, 4.69) is 64.4 Å². The largest absolute Gasteiger partial charge is 0.371 e. The fraction of sp³-hybridized carbons (Fsp3) is 0.375. The molecule has 4 nitrogen and oxygen atoms in total. The maximum Gasteiger partial charge on any atom is 0.147 e. The Morgan fingerprint density at radius 2 is 1.84 bits per heavy atom. The van der Waals surface area contributed by atoms with Crippen molar-refractivity contribution in [1.29, 1.82) is 0 Å². The lowest BCUT2D eigenvalue weighted by molar-refractivity contribution is 0.155. The van der Waals surface area contributed by atoms with E-state index in [0.29, 0.717) is 11.3 Å². The molecule has 4 aromatic rings. The van der Waals surface area contributed by atoms with E-state index in [9.17, 15) is 0 Å². The number of allylic oxidation sites excluding steroid dienone is 1. The van der Waals surface area contributed by atoms with Gasteiger partial charge in [-0.15, -0.1) is 0 Å². The summed E-state index contributed by atoms with van der Waals surface area (Å²) in [5, 5.41) is 6.51. The number of anilines is 1. The molecule has 2 saturated carbocycles. The molecule has 3 heterocycles. The number of rotatable bonds is 4. The first-order valence-corrected chi connectivity index (χ1v) is 13.9. The minimum atomic E-state index is 0.440. The molecule has 0 bridgehead atoms. The highest BCUT2D eigenvalue weighted by Crippen LogP contribution is 2.54. The van der Waals surface area contributed by atoms with Crippen LogP contribution in [0.4, 0.5) is 5.69 Å². The van der Waals surface area contributed by atoms with E-state index >= 15 is 0 Å². The number of hydrogen-bond donors (Lipinski definition) is 0. The number of benzene rings is 2. The standard InChI is InChI=1S/C32H32ClN3O/c1-20-4-3-5-27(33)29(20)30-26(31(37-35-30)23-8-9-23)16-22-18-32(19-22)12-14-36(15-13-32)25-10-11-28-24(17-25)7-6-21(2)34-28/h3-7,10-11,16-17,23H,8-9,12-15,18-19H2,1-2H3. The van der Waals surface area contributed by atoms with Crippen molar-refractivity contribution < 1.29 is 4.52 Å². The number of aromatic nitrogens is 2. The van der Waals surface area contributed by atoms with Crippen LogP contribution in [0.15, 0.2) is 58.6 Å². The summed E-state index contributed by atoms with van der Waals surface area (Å²) >= 11 is 6.63. The molecule has 1 aliphatic heterocycles. The van der Waals surface area contributed by atoms with Crippen LogP contribution in [0.1, 0.15) is 67.0 Å². The topological polar surface area (TPSA) is 42.2 Å². The summed E-state index contributed by atoms with van der Waals surface area (Å²) in [4.78, 5) is 7.21. The summed E-state index contributed by atoms with van der Waals surface area (Å²) < 4.78 is 5.93. The zero-order chi connectivity index (χ0) is 25.1. The number of aryl methyl sites for hydroxylation is 2. The third-order valence-corrected chi connectivity index (χ3v) is 9.03. The summed E-state index contributed by atoms with van der Waals surface area (Å²) in [5.41, 5.74) is 9.66. The first-order valence-electron chi connectivity index (χ1n) is 13.5.